The van der Waals surface area contributed by atoms with E-state index in [1.165, 1.54) is 6.20 Å². The quantitative estimate of drug-likeness (QED) is 0.581. The third-order valence-electron chi connectivity index (χ3n) is 6.22. The van der Waals surface area contributed by atoms with Crippen molar-refractivity contribution in [2.45, 2.75) is 57.1 Å². The molecular formula is C24H26N2O5. The zero-order valence-electron chi connectivity index (χ0n) is 17.5. The van der Waals surface area contributed by atoms with Crippen molar-refractivity contribution in [3.05, 3.63) is 63.8 Å². The Labute approximate surface area is 180 Å². The number of allylic oxidation sites excluding steroid dienone is 2. The van der Waals surface area contributed by atoms with Gasteiger partial charge in [-0.15, -0.1) is 0 Å². The maximum absolute atomic E-state index is 13.6. The van der Waals surface area contributed by atoms with Crippen LogP contribution in [0.1, 0.15) is 61.3 Å². The van der Waals surface area contributed by atoms with Gasteiger partial charge in [0.15, 0.2) is 5.78 Å². The minimum atomic E-state index is -0.737. The number of aromatic nitrogens is 2. The van der Waals surface area contributed by atoms with Crippen LogP contribution in [0.25, 0.3) is 11.4 Å². The number of nitrogens with zero attached hydrogens (tertiary/aromatic N) is 2. The normalized spacial score (nSPS) is 21.9. The van der Waals surface area contributed by atoms with Crippen LogP contribution in [0.4, 0.5) is 0 Å². The molecule has 1 N–H and O–H groups in total. The Bertz CT molecular complexity index is 1080. The van der Waals surface area contributed by atoms with Gasteiger partial charge in [0.05, 0.1) is 6.10 Å². The van der Waals surface area contributed by atoms with Gasteiger partial charge in [0.2, 0.25) is 5.78 Å². The second kappa shape index (κ2) is 8.98. The number of carbonyl (C=O) groups excluding carboxylic acids is 2. The number of hydrogen-bond acceptors (Lipinski definition) is 6. The molecule has 31 heavy (non-hydrogen) atoms. The number of rotatable bonds is 5. The summed E-state index contributed by atoms with van der Waals surface area (Å²) < 4.78 is 7.05. The zero-order valence-corrected chi connectivity index (χ0v) is 17.5. The Morgan fingerprint density at radius 3 is 2.45 bits per heavy atom. The van der Waals surface area contributed by atoms with Gasteiger partial charge in [-0.1, -0.05) is 30.3 Å². The lowest BCUT2D eigenvalue weighted by Crippen LogP contribution is -2.35. The number of ether oxygens (including phenoxy) is 1. The second-order valence-electron chi connectivity index (χ2n) is 8.13. The molecule has 7 nitrogen and oxygen atoms in total. The summed E-state index contributed by atoms with van der Waals surface area (Å²) in [6.45, 7) is 0. The Morgan fingerprint density at radius 2 is 1.81 bits per heavy atom. The minimum absolute atomic E-state index is 0.126. The van der Waals surface area contributed by atoms with Gasteiger partial charge in [0.1, 0.15) is 22.7 Å². The minimum Gasteiger partial charge on any atom is -0.511 e. The average Bonchev–Trinajstić information content (AvgIpc) is 2.79. The number of aliphatic hydroxyl groups is 1. The van der Waals surface area contributed by atoms with Gasteiger partial charge in [0, 0.05) is 37.8 Å². The first-order valence-electron chi connectivity index (χ1n) is 10.7. The van der Waals surface area contributed by atoms with Crippen LogP contribution in [0.2, 0.25) is 0 Å². The van der Waals surface area contributed by atoms with E-state index < -0.39 is 17.1 Å². The van der Waals surface area contributed by atoms with Crippen LogP contribution < -0.4 is 5.56 Å². The molecule has 0 atom stereocenters. The van der Waals surface area contributed by atoms with Crippen LogP contribution >= 0.6 is 0 Å². The van der Waals surface area contributed by atoms with Crippen molar-refractivity contribution in [3.8, 4) is 11.4 Å². The van der Waals surface area contributed by atoms with Crippen LogP contribution in [-0.2, 0) is 9.53 Å². The number of methoxy groups -OCH3 is 1. The smallest absolute Gasteiger partial charge is 0.265 e. The van der Waals surface area contributed by atoms with Gasteiger partial charge in [0.25, 0.3) is 5.56 Å². The molecule has 1 fully saturated rings. The van der Waals surface area contributed by atoms with Gasteiger partial charge < -0.3 is 9.84 Å². The number of ketones is 2. The van der Waals surface area contributed by atoms with E-state index in [0.29, 0.717) is 12.2 Å². The van der Waals surface area contributed by atoms with Crippen LogP contribution in [0.5, 0.6) is 0 Å². The molecule has 162 valence electrons. The maximum atomic E-state index is 13.6. The molecular weight excluding hydrogens is 396 g/mol. The Hall–Kier alpha value is -3.06. The van der Waals surface area contributed by atoms with E-state index in [1.54, 1.807) is 11.7 Å². The largest absolute Gasteiger partial charge is 0.511 e. The highest BCUT2D eigenvalue weighted by Crippen LogP contribution is 2.32. The fourth-order valence-corrected chi connectivity index (χ4v) is 4.52. The topological polar surface area (TPSA) is 98.5 Å². The third-order valence-corrected chi connectivity index (χ3v) is 6.22. The van der Waals surface area contributed by atoms with Crippen LogP contribution in [0.3, 0.4) is 0 Å². The van der Waals surface area contributed by atoms with E-state index in [4.69, 9.17) is 4.74 Å². The van der Waals surface area contributed by atoms with E-state index in [9.17, 15) is 19.5 Å². The van der Waals surface area contributed by atoms with E-state index in [1.807, 2.05) is 30.3 Å². The standard InChI is InChI=1S/C24H26N2O5/c1-31-17-12-10-16(11-13-17)26-23(15-6-3-2-4-7-15)25-14-18(24(26)30)22(29)21-19(27)8-5-9-20(21)28/h2-4,6-7,14,16-17,27H,5,8-13H2,1H3. The number of carbonyl (C=O) groups is 2. The lowest BCUT2D eigenvalue weighted by atomic mass is 9.90. The number of aliphatic hydroxyl groups excluding tert-OH is 1. The maximum Gasteiger partial charge on any atom is 0.265 e. The van der Waals surface area contributed by atoms with Crippen LogP contribution in [0, 0.1) is 0 Å². The molecule has 7 heteroatoms. The summed E-state index contributed by atoms with van der Waals surface area (Å²) in [6, 6.07) is 9.25. The van der Waals surface area contributed by atoms with Gasteiger partial charge in [-0.25, -0.2) is 4.98 Å². The molecule has 0 spiro atoms. The molecule has 1 aromatic carbocycles. The number of hydrogen-bond donors (Lipinski definition) is 1. The fourth-order valence-electron chi connectivity index (χ4n) is 4.52. The molecule has 0 unspecified atom stereocenters. The molecule has 2 aliphatic carbocycles. The first kappa shape index (κ1) is 21.2. The average molecular weight is 422 g/mol. The highest BCUT2D eigenvalue weighted by Gasteiger charge is 2.32. The highest BCUT2D eigenvalue weighted by molar-refractivity contribution is 6.26. The molecule has 0 bridgehead atoms. The van der Waals surface area contributed by atoms with Gasteiger partial charge in [-0.3, -0.25) is 19.0 Å². The van der Waals surface area contributed by atoms with Crippen molar-refractivity contribution < 1.29 is 19.4 Å². The fraction of sp³-hybridized carbons (Fsp3) is 0.417. The number of benzene rings is 1. The summed E-state index contributed by atoms with van der Waals surface area (Å²) in [5.41, 5.74) is -0.140. The Balaban J connectivity index is 1.82. The summed E-state index contributed by atoms with van der Waals surface area (Å²) in [4.78, 5) is 43.5. The Morgan fingerprint density at radius 1 is 1.10 bits per heavy atom. The van der Waals surface area contributed by atoms with Crippen LogP contribution in [0.15, 0.2) is 52.7 Å². The summed E-state index contributed by atoms with van der Waals surface area (Å²) in [5.74, 6) is -0.901. The molecule has 0 amide bonds. The molecule has 0 saturated heterocycles. The lowest BCUT2D eigenvalue weighted by molar-refractivity contribution is -0.116. The van der Waals surface area contributed by atoms with Crippen molar-refractivity contribution in [1.29, 1.82) is 0 Å². The van der Waals surface area contributed by atoms with Crippen molar-refractivity contribution in [1.82, 2.24) is 9.55 Å². The molecule has 1 aromatic heterocycles. The Kier molecular flexibility index (Phi) is 6.13. The monoisotopic (exact) mass is 422 g/mol. The first-order valence-corrected chi connectivity index (χ1v) is 10.7. The van der Waals surface area contributed by atoms with Crippen molar-refractivity contribution in [3.63, 3.8) is 0 Å². The predicted molar refractivity (Wildman–Crippen MR) is 115 cm³/mol. The molecule has 0 aliphatic heterocycles. The SMILES string of the molecule is COC1CCC(n2c(-c3ccccc3)ncc(C(=O)C3=C(O)CCCC3=O)c2=O)CC1. The van der Waals surface area contributed by atoms with E-state index >= 15 is 0 Å². The lowest BCUT2D eigenvalue weighted by Gasteiger charge is -2.30. The van der Waals surface area contributed by atoms with E-state index in [-0.39, 0.29) is 41.9 Å². The number of Topliss-reactive ketones (excluding diaryl/α,β-unsaturated/α-hetero) is 2. The third kappa shape index (κ3) is 4.10. The summed E-state index contributed by atoms with van der Waals surface area (Å²) >= 11 is 0. The molecule has 0 radical (unpaired) electrons. The summed E-state index contributed by atoms with van der Waals surface area (Å²) in [6.07, 6.45) is 5.43. The first-order chi connectivity index (χ1) is 15.0. The molecule has 1 heterocycles. The zero-order chi connectivity index (χ0) is 22.0. The van der Waals surface area contributed by atoms with Crippen molar-refractivity contribution in [2.24, 2.45) is 0 Å². The van der Waals surface area contributed by atoms with E-state index in [2.05, 4.69) is 4.98 Å². The summed E-state index contributed by atoms with van der Waals surface area (Å²) in [7, 11) is 1.69. The van der Waals surface area contributed by atoms with Gasteiger partial charge >= 0.3 is 0 Å². The van der Waals surface area contributed by atoms with Crippen LogP contribution in [-0.4, -0.2) is 39.4 Å². The molecule has 4 rings (SSSR count). The van der Waals surface area contributed by atoms with Gasteiger partial charge in [-0.2, -0.15) is 0 Å². The van der Waals surface area contributed by atoms with E-state index in [0.717, 1.165) is 31.2 Å². The summed E-state index contributed by atoms with van der Waals surface area (Å²) in [5, 5.41) is 10.2. The predicted octanol–water partition coefficient (Wildman–Crippen LogP) is 3.79. The molecule has 2 aromatic rings. The second-order valence-corrected chi connectivity index (χ2v) is 8.13. The molecule has 1 saturated carbocycles. The van der Waals surface area contributed by atoms with Crippen molar-refractivity contribution >= 4 is 11.6 Å². The van der Waals surface area contributed by atoms with Gasteiger partial charge in [-0.05, 0) is 32.1 Å². The highest BCUT2D eigenvalue weighted by atomic mass is 16.5. The molecule has 2 aliphatic rings. The van der Waals surface area contributed by atoms with Crippen molar-refractivity contribution in [2.75, 3.05) is 7.11 Å².